The van der Waals surface area contributed by atoms with Gasteiger partial charge in [0, 0.05) is 37.1 Å². The Balaban J connectivity index is 1.31. The van der Waals surface area contributed by atoms with E-state index in [0.29, 0.717) is 38.4 Å². The first-order valence-corrected chi connectivity index (χ1v) is 15.9. The van der Waals surface area contributed by atoms with Gasteiger partial charge in [0.2, 0.25) is 17.7 Å². The summed E-state index contributed by atoms with van der Waals surface area (Å²) >= 11 is 1.65. The molecule has 2 aromatic rings. The third-order valence-corrected chi connectivity index (χ3v) is 11.6. The number of carbonyl (C=O) groups is 3. The molecule has 2 aromatic carbocycles. The fraction of sp³-hybridized carbons (Fsp3) is 0.531. The van der Waals surface area contributed by atoms with Crippen LogP contribution in [0, 0.1) is 17.8 Å². The third kappa shape index (κ3) is 5.23. The van der Waals surface area contributed by atoms with E-state index in [1.165, 1.54) is 0 Å². The molecular formula is C32H40N4O5S. The number of amides is 3. The predicted octanol–water partition coefficient (Wildman–Crippen LogP) is 2.01. The molecule has 0 saturated carbocycles. The number of ether oxygens (including phenoxy) is 1. The number of benzene rings is 2. The first kappa shape index (κ1) is 29.2. The predicted molar refractivity (Wildman–Crippen MR) is 162 cm³/mol. The van der Waals surface area contributed by atoms with Crippen LogP contribution in [0.3, 0.4) is 0 Å². The number of aliphatic hydroxyl groups is 1. The fourth-order valence-corrected chi connectivity index (χ4v) is 10.0. The second kappa shape index (κ2) is 12.4. The van der Waals surface area contributed by atoms with Crippen molar-refractivity contribution in [2.45, 2.75) is 41.8 Å². The van der Waals surface area contributed by atoms with Crippen molar-refractivity contribution in [1.82, 2.24) is 15.1 Å². The number of thioether (sulfide) groups is 1. The Morgan fingerprint density at radius 3 is 2.45 bits per heavy atom. The normalized spacial score (nSPS) is 31.1. The van der Waals surface area contributed by atoms with Crippen LogP contribution in [0.1, 0.15) is 18.9 Å². The molecule has 0 aliphatic carbocycles. The van der Waals surface area contributed by atoms with Gasteiger partial charge >= 0.3 is 0 Å². The maximum atomic E-state index is 14.5. The van der Waals surface area contributed by atoms with Crippen LogP contribution in [-0.4, -0.2) is 101 Å². The summed E-state index contributed by atoms with van der Waals surface area (Å²) in [4.78, 5) is 46.4. The van der Waals surface area contributed by atoms with Gasteiger partial charge in [-0.25, -0.2) is 0 Å². The Morgan fingerprint density at radius 2 is 1.76 bits per heavy atom. The molecule has 7 atom stereocenters. The smallest absolute Gasteiger partial charge is 0.244 e. The molecule has 4 saturated heterocycles. The minimum atomic E-state index is -0.778. The molecule has 2 bridgehead atoms. The molecule has 6 rings (SSSR count). The maximum Gasteiger partial charge on any atom is 0.244 e. The summed E-state index contributed by atoms with van der Waals surface area (Å²) in [7, 11) is 0. The number of nitrogens with one attached hydrogen (secondary N) is 2. The molecule has 1 spiro atoms. The number of nitrogens with zero attached hydrogens (tertiary/aromatic N) is 2. The average Bonchev–Trinajstić information content (AvgIpc) is 3.61. The van der Waals surface area contributed by atoms with E-state index in [1.54, 1.807) is 16.7 Å². The van der Waals surface area contributed by atoms with Gasteiger partial charge in [0.15, 0.2) is 0 Å². The highest BCUT2D eigenvalue weighted by Gasteiger charge is 2.76. The van der Waals surface area contributed by atoms with Crippen LogP contribution in [0.15, 0.2) is 60.7 Å². The molecular weight excluding hydrogens is 552 g/mol. The van der Waals surface area contributed by atoms with Gasteiger partial charge < -0.3 is 25.4 Å². The van der Waals surface area contributed by atoms with Gasteiger partial charge in [0.25, 0.3) is 0 Å². The van der Waals surface area contributed by atoms with Gasteiger partial charge in [-0.05, 0) is 36.5 Å². The largest absolute Gasteiger partial charge is 0.394 e. The number of morpholine rings is 1. The number of rotatable bonds is 10. The van der Waals surface area contributed by atoms with Gasteiger partial charge in [-0.1, -0.05) is 55.5 Å². The van der Waals surface area contributed by atoms with Crippen LogP contribution in [0.4, 0.5) is 5.69 Å². The fourth-order valence-electron chi connectivity index (χ4n) is 7.59. The number of carbonyl (C=O) groups excluding carboxylic acids is 3. The first-order valence-electron chi connectivity index (χ1n) is 15.0. The Morgan fingerprint density at radius 1 is 1.07 bits per heavy atom. The number of hydrogen-bond acceptors (Lipinski definition) is 7. The van der Waals surface area contributed by atoms with E-state index in [0.717, 1.165) is 25.1 Å². The Kier molecular flexibility index (Phi) is 8.58. The minimum Gasteiger partial charge on any atom is -0.394 e. The van der Waals surface area contributed by atoms with Crippen molar-refractivity contribution in [3.05, 3.63) is 66.2 Å². The van der Waals surface area contributed by atoms with Crippen molar-refractivity contribution < 1.29 is 24.2 Å². The number of aliphatic hydroxyl groups excluding tert-OH is 1. The van der Waals surface area contributed by atoms with E-state index in [4.69, 9.17) is 4.74 Å². The SMILES string of the molecule is CC1C[C@H]2SC13C(C(=O)NCCN1CCOCC1)N([C@@H](CO)Cc1ccccc1)C(=O)[C@@H]3[C@H]2C(=O)Nc1ccccc1. The molecule has 4 heterocycles. The molecule has 10 heteroatoms. The van der Waals surface area contributed by atoms with Crippen molar-refractivity contribution in [3.63, 3.8) is 0 Å². The summed E-state index contributed by atoms with van der Waals surface area (Å²) in [6.07, 6.45) is 1.18. The van der Waals surface area contributed by atoms with Crippen LogP contribution in [-0.2, 0) is 25.5 Å². The summed E-state index contributed by atoms with van der Waals surface area (Å²) in [6.45, 7) is 6.02. The summed E-state index contributed by atoms with van der Waals surface area (Å²) < 4.78 is 4.71. The van der Waals surface area contributed by atoms with E-state index < -0.39 is 28.7 Å². The zero-order valence-corrected chi connectivity index (χ0v) is 24.8. The lowest BCUT2D eigenvalue weighted by Crippen LogP contribution is -2.59. The minimum absolute atomic E-state index is 0.0508. The second-order valence-corrected chi connectivity index (χ2v) is 13.5. The molecule has 224 valence electrons. The number of fused-ring (bicyclic) bond motifs is 1. The summed E-state index contributed by atoms with van der Waals surface area (Å²) in [5.41, 5.74) is 1.67. The summed E-state index contributed by atoms with van der Waals surface area (Å²) in [6, 6.07) is 17.7. The van der Waals surface area contributed by atoms with Crippen LogP contribution in [0.5, 0.6) is 0 Å². The highest BCUT2D eigenvalue weighted by atomic mass is 32.2. The molecule has 3 amide bonds. The monoisotopic (exact) mass is 592 g/mol. The van der Waals surface area contributed by atoms with Crippen molar-refractivity contribution in [3.8, 4) is 0 Å². The quantitative estimate of drug-likeness (QED) is 0.387. The Labute approximate surface area is 251 Å². The number of hydrogen-bond donors (Lipinski definition) is 3. The third-order valence-electron chi connectivity index (χ3n) is 9.53. The topological polar surface area (TPSA) is 111 Å². The van der Waals surface area contributed by atoms with E-state index in [9.17, 15) is 19.5 Å². The molecule has 4 aliphatic heterocycles. The van der Waals surface area contributed by atoms with Gasteiger partial charge in [0.1, 0.15) is 6.04 Å². The van der Waals surface area contributed by atoms with Crippen molar-refractivity contribution in [1.29, 1.82) is 0 Å². The zero-order valence-electron chi connectivity index (χ0n) is 24.0. The highest BCUT2D eigenvalue weighted by molar-refractivity contribution is 8.02. The molecule has 3 unspecified atom stereocenters. The summed E-state index contributed by atoms with van der Waals surface area (Å²) in [5.74, 6) is -1.72. The highest BCUT2D eigenvalue weighted by Crippen LogP contribution is 2.68. The standard InChI is InChI=1S/C32H40N4O5S/c1-21-18-25-26(29(38)34-23-10-6-3-7-11-23)27-31(40)36(24(20-37)19-22-8-4-2-5-9-22)28(32(21,27)42-25)30(39)33-12-13-35-14-16-41-17-15-35/h2-11,21,24-28,37H,12-20H2,1H3,(H,33,39)(H,34,38)/t21?,24-,25-,26+,27+,28?,32?/m1/s1. The zero-order chi connectivity index (χ0) is 29.3. The van der Waals surface area contributed by atoms with E-state index >= 15 is 0 Å². The van der Waals surface area contributed by atoms with Crippen LogP contribution in [0.25, 0.3) is 0 Å². The molecule has 0 radical (unpaired) electrons. The van der Waals surface area contributed by atoms with E-state index in [1.807, 2.05) is 60.7 Å². The lowest BCUT2D eigenvalue weighted by molar-refractivity contribution is -0.142. The second-order valence-electron chi connectivity index (χ2n) is 11.9. The first-order chi connectivity index (χ1) is 20.4. The lowest BCUT2D eigenvalue weighted by atomic mass is 9.66. The maximum absolute atomic E-state index is 14.5. The number of para-hydroxylation sites is 1. The van der Waals surface area contributed by atoms with Crippen LogP contribution < -0.4 is 10.6 Å². The lowest BCUT2D eigenvalue weighted by Gasteiger charge is -2.40. The van der Waals surface area contributed by atoms with Gasteiger partial charge in [-0.3, -0.25) is 19.3 Å². The van der Waals surface area contributed by atoms with Gasteiger partial charge in [-0.2, -0.15) is 0 Å². The van der Waals surface area contributed by atoms with E-state index in [-0.39, 0.29) is 35.5 Å². The van der Waals surface area contributed by atoms with Crippen molar-refractivity contribution in [2.24, 2.45) is 17.8 Å². The van der Waals surface area contributed by atoms with Gasteiger partial charge in [0.05, 0.1) is 42.4 Å². The Bertz CT molecular complexity index is 1280. The number of anilines is 1. The summed E-state index contributed by atoms with van der Waals surface area (Å²) in [5, 5.41) is 16.8. The molecule has 4 fully saturated rings. The number of likely N-dealkylation sites (tertiary alicyclic amines) is 1. The molecule has 9 nitrogen and oxygen atoms in total. The van der Waals surface area contributed by atoms with Gasteiger partial charge in [-0.15, -0.1) is 11.8 Å². The van der Waals surface area contributed by atoms with Crippen molar-refractivity contribution in [2.75, 3.05) is 51.3 Å². The van der Waals surface area contributed by atoms with E-state index in [2.05, 4.69) is 22.5 Å². The van der Waals surface area contributed by atoms with Crippen LogP contribution in [0.2, 0.25) is 0 Å². The average molecular weight is 593 g/mol. The molecule has 4 aliphatic rings. The Hall–Kier alpha value is -2.92. The van der Waals surface area contributed by atoms with Crippen LogP contribution >= 0.6 is 11.8 Å². The molecule has 0 aromatic heterocycles. The molecule has 42 heavy (non-hydrogen) atoms. The molecule has 3 N–H and O–H groups in total. The van der Waals surface area contributed by atoms with Crippen molar-refractivity contribution >= 4 is 35.2 Å².